The molecule has 3 aromatic rings. The smallest absolute Gasteiger partial charge is 0.387 e. The quantitative estimate of drug-likeness (QED) is 0.262. The number of nitrogens with one attached hydrogen (secondary N) is 3. The van der Waals surface area contributed by atoms with Gasteiger partial charge in [0.2, 0.25) is 0 Å². The molecule has 190 valence electrons. The van der Waals surface area contributed by atoms with Crippen LogP contribution >= 0.6 is 11.8 Å². The van der Waals surface area contributed by atoms with Gasteiger partial charge in [0.25, 0.3) is 0 Å². The molecular weight excluding hydrogens is 489 g/mol. The van der Waals surface area contributed by atoms with Gasteiger partial charge >= 0.3 is 6.61 Å². The number of carbonyl (C=O) groups is 1. The molecule has 2 aromatic carbocycles. The van der Waals surface area contributed by atoms with E-state index in [1.54, 1.807) is 18.2 Å². The first kappa shape index (κ1) is 27.2. The van der Waals surface area contributed by atoms with E-state index in [1.807, 2.05) is 18.8 Å². The van der Waals surface area contributed by atoms with E-state index in [9.17, 15) is 18.0 Å². The summed E-state index contributed by atoms with van der Waals surface area (Å²) in [4.78, 5) is 15.3. The number of nitrogens with zero attached hydrogens (tertiary/aromatic N) is 1. The summed E-state index contributed by atoms with van der Waals surface area (Å²) in [5.41, 5.74) is 2.48. The minimum atomic E-state index is -2.97. The SMILES string of the molecule is CNC1(C)CSC1.N=C(c1cccc(OC(F)F)c1)c1ncc(C=O)cc1NCc1ccc(F)cc1. The zero-order valence-electron chi connectivity index (χ0n) is 19.9. The molecule has 0 unspecified atom stereocenters. The second-order valence-corrected chi connectivity index (χ2v) is 9.33. The molecule has 10 heteroatoms. The highest BCUT2D eigenvalue weighted by Gasteiger charge is 2.29. The first-order valence-electron chi connectivity index (χ1n) is 11.1. The van der Waals surface area contributed by atoms with E-state index in [0.717, 1.165) is 5.56 Å². The molecule has 0 saturated carbocycles. The fraction of sp³-hybridized carbons (Fsp3) is 0.269. The third-order valence-corrected chi connectivity index (χ3v) is 7.15. The van der Waals surface area contributed by atoms with Crippen LogP contribution in [0.4, 0.5) is 18.9 Å². The van der Waals surface area contributed by atoms with Crippen LogP contribution in [0.1, 0.15) is 34.1 Å². The van der Waals surface area contributed by atoms with Crippen molar-refractivity contribution in [2.75, 3.05) is 23.9 Å². The molecule has 1 fully saturated rings. The molecule has 4 rings (SSSR count). The number of benzene rings is 2. The van der Waals surface area contributed by atoms with Crippen molar-refractivity contribution in [1.29, 1.82) is 5.41 Å². The second kappa shape index (κ2) is 12.5. The zero-order valence-corrected chi connectivity index (χ0v) is 20.7. The number of carbonyl (C=O) groups excluding carboxylic acids is 1. The monoisotopic (exact) mass is 516 g/mol. The minimum absolute atomic E-state index is 0.0382. The Balaban J connectivity index is 0.000000444. The van der Waals surface area contributed by atoms with Crippen molar-refractivity contribution in [3.05, 3.63) is 89.0 Å². The predicted octanol–water partition coefficient (Wildman–Crippen LogP) is 5.37. The third kappa shape index (κ3) is 7.56. The number of thioether (sulfide) groups is 1. The lowest BCUT2D eigenvalue weighted by molar-refractivity contribution is -0.0498. The zero-order chi connectivity index (χ0) is 26.1. The van der Waals surface area contributed by atoms with Gasteiger partial charge < -0.3 is 15.4 Å². The van der Waals surface area contributed by atoms with E-state index in [0.29, 0.717) is 35.2 Å². The average Bonchev–Trinajstić information content (AvgIpc) is 2.86. The molecule has 0 amide bonds. The van der Waals surface area contributed by atoms with Crippen molar-refractivity contribution in [2.24, 2.45) is 0 Å². The van der Waals surface area contributed by atoms with Gasteiger partial charge in [0.05, 0.1) is 11.4 Å². The fourth-order valence-corrected chi connectivity index (χ4v) is 4.30. The first-order chi connectivity index (χ1) is 17.2. The molecule has 0 bridgehead atoms. The number of rotatable bonds is 9. The van der Waals surface area contributed by atoms with Crippen LogP contribution in [0.15, 0.2) is 60.8 Å². The Morgan fingerprint density at radius 2 is 1.94 bits per heavy atom. The van der Waals surface area contributed by atoms with E-state index >= 15 is 0 Å². The topological polar surface area (TPSA) is 87.1 Å². The summed E-state index contributed by atoms with van der Waals surface area (Å²) in [6.45, 7) is -0.417. The van der Waals surface area contributed by atoms with Gasteiger partial charge in [0.1, 0.15) is 17.3 Å². The molecule has 0 atom stereocenters. The van der Waals surface area contributed by atoms with E-state index in [1.165, 1.54) is 54.1 Å². The van der Waals surface area contributed by atoms with Crippen LogP contribution < -0.4 is 15.4 Å². The van der Waals surface area contributed by atoms with Crippen molar-refractivity contribution < 1.29 is 22.7 Å². The van der Waals surface area contributed by atoms with Crippen molar-refractivity contribution in [3.8, 4) is 5.75 Å². The minimum Gasteiger partial charge on any atom is -0.435 e. The molecule has 1 aliphatic heterocycles. The molecular formula is C26H27F3N4O2S. The van der Waals surface area contributed by atoms with Gasteiger partial charge in [0.15, 0.2) is 6.29 Å². The van der Waals surface area contributed by atoms with Gasteiger partial charge in [-0.15, -0.1) is 0 Å². The number of halogens is 3. The Bertz CT molecular complexity index is 1180. The van der Waals surface area contributed by atoms with E-state index in [-0.39, 0.29) is 23.0 Å². The van der Waals surface area contributed by atoms with Crippen LogP contribution in [0.25, 0.3) is 0 Å². The summed E-state index contributed by atoms with van der Waals surface area (Å²) in [5, 5.41) is 14.8. The number of anilines is 1. The van der Waals surface area contributed by atoms with Crippen LogP contribution in [-0.2, 0) is 6.54 Å². The Morgan fingerprint density at radius 1 is 1.22 bits per heavy atom. The average molecular weight is 517 g/mol. The highest BCUT2D eigenvalue weighted by Crippen LogP contribution is 2.27. The Labute approximate surface area is 212 Å². The molecule has 3 N–H and O–H groups in total. The van der Waals surface area contributed by atoms with Gasteiger partial charge in [-0.05, 0) is 49.9 Å². The molecule has 0 radical (unpaired) electrons. The Morgan fingerprint density at radius 3 is 2.50 bits per heavy atom. The third-order valence-electron chi connectivity index (χ3n) is 5.47. The van der Waals surface area contributed by atoms with Crippen LogP contribution in [0.5, 0.6) is 5.75 Å². The van der Waals surface area contributed by atoms with Crippen LogP contribution in [0, 0.1) is 11.2 Å². The van der Waals surface area contributed by atoms with Gasteiger partial charge in [0, 0.05) is 40.9 Å². The number of hydrogen-bond acceptors (Lipinski definition) is 7. The fourth-order valence-electron chi connectivity index (χ4n) is 3.20. The number of aromatic nitrogens is 1. The van der Waals surface area contributed by atoms with Gasteiger partial charge in [-0.25, -0.2) is 4.39 Å². The maximum Gasteiger partial charge on any atom is 0.387 e. The molecule has 1 aliphatic rings. The highest BCUT2D eigenvalue weighted by molar-refractivity contribution is 8.00. The largest absolute Gasteiger partial charge is 0.435 e. The lowest BCUT2D eigenvalue weighted by atomic mass is 10.0. The van der Waals surface area contributed by atoms with Gasteiger partial charge in [-0.1, -0.05) is 24.3 Å². The van der Waals surface area contributed by atoms with Crippen LogP contribution in [0.2, 0.25) is 0 Å². The first-order valence-corrected chi connectivity index (χ1v) is 12.2. The standard InChI is InChI=1S/C21H16F3N3O2.C5H11NS/c22-16-6-4-13(5-7-16)10-26-18-8-14(12-28)11-27-20(18)19(25)15-2-1-3-17(9-15)29-21(23)24;1-5(6-2)3-7-4-5/h1-9,11-12,21,25-26H,10H2;6H,3-4H2,1-2H3. The molecule has 0 spiro atoms. The van der Waals surface area contributed by atoms with Crippen molar-refractivity contribution >= 4 is 29.4 Å². The molecule has 1 aromatic heterocycles. The molecule has 0 aliphatic carbocycles. The van der Waals surface area contributed by atoms with Crippen molar-refractivity contribution in [2.45, 2.75) is 25.6 Å². The number of ether oxygens (including phenoxy) is 1. The molecule has 2 heterocycles. The van der Waals surface area contributed by atoms with E-state index in [2.05, 4.69) is 27.3 Å². The maximum atomic E-state index is 13.1. The second-order valence-electron chi connectivity index (χ2n) is 8.35. The summed E-state index contributed by atoms with van der Waals surface area (Å²) in [6, 6.07) is 13.1. The number of pyridine rings is 1. The molecule has 36 heavy (non-hydrogen) atoms. The van der Waals surface area contributed by atoms with Gasteiger partial charge in [-0.3, -0.25) is 15.2 Å². The predicted molar refractivity (Wildman–Crippen MR) is 137 cm³/mol. The van der Waals surface area contributed by atoms with Gasteiger partial charge in [-0.2, -0.15) is 20.5 Å². The summed E-state index contributed by atoms with van der Waals surface area (Å²) in [6.07, 6.45) is 1.94. The molecule has 6 nitrogen and oxygen atoms in total. The summed E-state index contributed by atoms with van der Waals surface area (Å²) in [5.74, 6) is 2.13. The lowest BCUT2D eigenvalue weighted by Crippen LogP contribution is -2.51. The van der Waals surface area contributed by atoms with E-state index < -0.39 is 6.61 Å². The summed E-state index contributed by atoms with van der Waals surface area (Å²) >= 11 is 2.01. The number of alkyl halides is 2. The maximum absolute atomic E-state index is 13.1. The Kier molecular flexibility index (Phi) is 9.49. The summed E-state index contributed by atoms with van der Waals surface area (Å²) in [7, 11) is 2.03. The summed E-state index contributed by atoms with van der Waals surface area (Å²) < 4.78 is 42.4. The Hall–Kier alpha value is -3.37. The van der Waals surface area contributed by atoms with Crippen molar-refractivity contribution in [3.63, 3.8) is 0 Å². The van der Waals surface area contributed by atoms with Crippen molar-refractivity contribution in [1.82, 2.24) is 10.3 Å². The molecule has 1 saturated heterocycles. The highest BCUT2D eigenvalue weighted by atomic mass is 32.2. The number of aldehydes is 1. The van der Waals surface area contributed by atoms with E-state index in [4.69, 9.17) is 5.41 Å². The van der Waals surface area contributed by atoms with Crippen LogP contribution in [0.3, 0.4) is 0 Å². The van der Waals surface area contributed by atoms with Crippen LogP contribution in [-0.4, -0.2) is 47.7 Å². The normalized spacial score (nSPS) is 13.7. The number of hydrogen-bond donors (Lipinski definition) is 3. The lowest BCUT2D eigenvalue weighted by Gasteiger charge is -2.37.